The fourth-order valence-electron chi connectivity index (χ4n) is 1.89. The van der Waals surface area contributed by atoms with Gasteiger partial charge in [-0.1, -0.05) is 30.3 Å². The lowest BCUT2D eigenvalue weighted by molar-refractivity contribution is -0.120. The molecule has 0 heterocycles. The molecule has 0 fully saturated rings. The minimum absolute atomic E-state index is 0.212. The fraction of sp³-hybridized carbons (Fsp3) is 0.0588. The summed E-state index contributed by atoms with van der Waals surface area (Å²) < 4.78 is 12.8. The second-order valence-electron chi connectivity index (χ2n) is 4.61. The van der Waals surface area contributed by atoms with Crippen molar-refractivity contribution >= 4 is 23.6 Å². The van der Waals surface area contributed by atoms with Crippen molar-refractivity contribution in [3.63, 3.8) is 0 Å². The van der Waals surface area contributed by atoms with E-state index in [-0.39, 0.29) is 18.3 Å². The zero-order chi connectivity index (χ0) is 15.9. The molecule has 0 unspecified atom stereocenters. The van der Waals surface area contributed by atoms with E-state index in [1.807, 2.05) is 6.07 Å². The summed E-state index contributed by atoms with van der Waals surface area (Å²) in [6.45, 7) is -0.212. The number of anilines is 1. The molecule has 2 N–H and O–H groups in total. The minimum Gasteiger partial charge on any atom is -0.368 e. The molecule has 0 aromatic heterocycles. The first-order valence-corrected chi connectivity index (χ1v) is 6.65. The second-order valence-corrected chi connectivity index (χ2v) is 4.61. The number of para-hydroxylation sites is 1. The number of nitrogens with two attached hydrogens (primary N) is 1. The Labute approximate surface area is 127 Å². The first-order valence-electron chi connectivity index (χ1n) is 6.65. The Balaban J connectivity index is 2.18. The zero-order valence-electron chi connectivity index (χ0n) is 11.8. The van der Waals surface area contributed by atoms with Gasteiger partial charge in [-0.3, -0.25) is 14.5 Å². The van der Waals surface area contributed by atoms with E-state index >= 15 is 0 Å². The summed E-state index contributed by atoms with van der Waals surface area (Å²) in [5, 5.41) is 0. The van der Waals surface area contributed by atoms with E-state index in [1.165, 1.54) is 23.1 Å². The number of hydrogen-bond acceptors (Lipinski definition) is 2. The van der Waals surface area contributed by atoms with Crippen LogP contribution in [-0.2, 0) is 9.59 Å². The molecule has 4 nitrogen and oxygen atoms in total. The van der Waals surface area contributed by atoms with Gasteiger partial charge < -0.3 is 5.73 Å². The fourth-order valence-corrected chi connectivity index (χ4v) is 1.89. The first-order chi connectivity index (χ1) is 10.6. The maximum atomic E-state index is 12.8. The molecule has 112 valence electrons. The van der Waals surface area contributed by atoms with Crippen molar-refractivity contribution < 1.29 is 14.0 Å². The number of hydrogen-bond donors (Lipinski definition) is 1. The monoisotopic (exact) mass is 298 g/mol. The van der Waals surface area contributed by atoms with Crippen LogP contribution in [0.1, 0.15) is 5.56 Å². The molecule has 0 atom stereocenters. The molecule has 0 aliphatic carbocycles. The Morgan fingerprint density at radius 2 is 1.68 bits per heavy atom. The lowest BCUT2D eigenvalue weighted by atomic mass is 10.2. The number of amides is 2. The Hall–Kier alpha value is -2.95. The van der Waals surface area contributed by atoms with Crippen molar-refractivity contribution in [3.05, 3.63) is 72.1 Å². The van der Waals surface area contributed by atoms with Gasteiger partial charge in [0.05, 0.1) is 0 Å². The Morgan fingerprint density at radius 1 is 1.05 bits per heavy atom. The summed E-state index contributed by atoms with van der Waals surface area (Å²) in [5.41, 5.74) is 6.45. The second kappa shape index (κ2) is 7.17. The smallest absolute Gasteiger partial charge is 0.251 e. The number of carbonyl (C=O) groups is 2. The van der Waals surface area contributed by atoms with Crippen molar-refractivity contribution in [2.75, 3.05) is 11.4 Å². The quantitative estimate of drug-likeness (QED) is 0.861. The molecule has 0 spiro atoms. The topological polar surface area (TPSA) is 63.4 Å². The molecule has 2 rings (SSSR count). The molecule has 5 heteroatoms. The molecule has 0 aliphatic rings. The number of primary amides is 1. The number of rotatable bonds is 5. The third-order valence-corrected chi connectivity index (χ3v) is 2.94. The highest BCUT2D eigenvalue weighted by atomic mass is 19.1. The average molecular weight is 298 g/mol. The largest absolute Gasteiger partial charge is 0.368 e. The van der Waals surface area contributed by atoms with Gasteiger partial charge in [0.1, 0.15) is 12.4 Å². The molecule has 0 bridgehead atoms. The number of carbonyl (C=O) groups excluding carboxylic acids is 2. The third-order valence-electron chi connectivity index (χ3n) is 2.94. The van der Waals surface area contributed by atoms with Gasteiger partial charge in [0, 0.05) is 11.8 Å². The van der Waals surface area contributed by atoms with Gasteiger partial charge in [-0.05, 0) is 35.9 Å². The Morgan fingerprint density at radius 3 is 2.27 bits per heavy atom. The van der Waals surface area contributed by atoms with Crippen LogP contribution in [0.4, 0.5) is 10.1 Å². The lowest BCUT2D eigenvalue weighted by Gasteiger charge is -2.19. The van der Waals surface area contributed by atoms with Gasteiger partial charge in [0.2, 0.25) is 5.91 Å². The van der Waals surface area contributed by atoms with E-state index in [1.54, 1.807) is 42.5 Å². The van der Waals surface area contributed by atoms with Crippen molar-refractivity contribution in [2.45, 2.75) is 0 Å². The summed E-state index contributed by atoms with van der Waals surface area (Å²) in [7, 11) is 0. The van der Waals surface area contributed by atoms with Crippen LogP contribution < -0.4 is 10.6 Å². The maximum Gasteiger partial charge on any atom is 0.251 e. The molecule has 22 heavy (non-hydrogen) atoms. The minimum atomic E-state index is -0.604. The number of halogens is 1. The highest BCUT2D eigenvalue weighted by molar-refractivity contribution is 6.06. The van der Waals surface area contributed by atoms with Gasteiger partial charge in [0.15, 0.2) is 0 Å². The van der Waals surface area contributed by atoms with Gasteiger partial charge >= 0.3 is 0 Å². The molecule has 0 saturated heterocycles. The van der Waals surface area contributed by atoms with E-state index in [4.69, 9.17) is 5.73 Å². The van der Waals surface area contributed by atoms with Gasteiger partial charge in [-0.25, -0.2) is 4.39 Å². The SMILES string of the molecule is NC(=O)CN(C(=O)/C=C/c1ccc(F)cc1)c1ccccc1. The molecular formula is C17H15FN2O2. The predicted octanol–water partition coefficient (Wildman–Crippen LogP) is 2.36. The summed E-state index contributed by atoms with van der Waals surface area (Å²) in [6, 6.07) is 14.5. The molecule has 2 aromatic carbocycles. The summed E-state index contributed by atoms with van der Waals surface area (Å²) in [4.78, 5) is 24.7. The summed E-state index contributed by atoms with van der Waals surface area (Å²) >= 11 is 0. The third kappa shape index (κ3) is 4.28. The van der Waals surface area contributed by atoms with E-state index in [9.17, 15) is 14.0 Å². The normalized spacial score (nSPS) is 10.6. The summed E-state index contributed by atoms with van der Waals surface area (Å²) in [5.74, 6) is -1.33. The highest BCUT2D eigenvalue weighted by Gasteiger charge is 2.15. The van der Waals surface area contributed by atoms with Crippen molar-refractivity contribution in [2.24, 2.45) is 5.73 Å². The Bertz CT molecular complexity index is 682. The molecule has 0 saturated carbocycles. The van der Waals surface area contributed by atoms with E-state index in [2.05, 4.69) is 0 Å². The predicted molar refractivity (Wildman–Crippen MR) is 83.4 cm³/mol. The van der Waals surface area contributed by atoms with E-state index < -0.39 is 5.91 Å². The van der Waals surface area contributed by atoms with Gasteiger partial charge in [-0.15, -0.1) is 0 Å². The van der Waals surface area contributed by atoms with Crippen molar-refractivity contribution in [1.82, 2.24) is 0 Å². The van der Waals surface area contributed by atoms with E-state index in [0.717, 1.165) is 0 Å². The van der Waals surface area contributed by atoms with Crippen LogP contribution in [0.2, 0.25) is 0 Å². The van der Waals surface area contributed by atoms with Crippen LogP contribution in [0.15, 0.2) is 60.7 Å². The highest BCUT2D eigenvalue weighted by Crippen LogP contribution is 2.14. The van der Waals surface area contributed by atoms with E-state index in [0.29, 0.717) is 11.3 Å². The van der Waals surface area contributed by atoms with Crippen LogP contribution >= 0.6 is 0 Å². The summed E-state index contributed by atoms with van der Waals surface area (Å²) in [6.07, 6.45) is 2.88. The number of benzene rings is 2. The van der Waals surface area contributed by atoms with Crippen LogP contribution in [0.5, 0.6) is 0 Å². The molecule has 2 amide bonds. The molecule has 0 radical (unpaired) electrons. The van der Waals surface area contributed by atoms with Gasteiger partial charge in [-0.2, -0.15) is 0 Å². The molecule has 2 aromatic rings. The van der Waals surface area contributed by atoms with Crippen LogP contribution in [0.3, 0.4) is 0 Å². The first kappa shape index (κ1) is 15.4. The van der Waals surface area contributed by atoms with Crippen LogP contribution in [-0.4, -0.2) is 18.4 Å². The van der Waals surface area contributed by atoms with Crippen LogP contribution in [0.25, 0.3) is 6.08 Å². The standard InChI is InChI=1S/C17H15FN2O2/c18-14-9-6-13(7-10-14)8-11-17(22)20(12-16(19)21)15-4-2-1-3-5-15/h1-11H,12H2,(H2,19,21)/b11-8+. The van der Waals surface area contributed by atoms with Crippen molar-refractivity contribution in [3.8, 4) is 0 Å². The Kier molecular flexibility index (Phi) is 5.03. The average Bonchev–Trinajstić information content (AvgIpc) is 2.52. The zero-order valence-corrected chi connectivity index (χ0v) is 11.8. The number of nitrogens with zero attached hydrogens (tertiary/aromatic N) is 1. The van der Waals surface area contributed by atoms with Crippen molar-refractivity contribution in [1.29, 1.82) is 0 Å². The molecular weight excluding hydrogens is 283 g/mol. The molecule has 0 aliphatic heterocycles. The van der Waals surface area contributed by atoms with Crippen LogP contribution in [0, 0.1) is 5.82 Å². The lowest BCUT2D eigenvalue weighted by Crippen LogP contribution is -2.37. The maximum absolute atomic E-state index is 12.8. The van der Waals surface area contributed by atoms with Gasteiger partial charge in [0.25, 0.3) is 5.91 Å².